The van der Waals surface area contributed by atoms with E-state index in [4.69, 9.17) is 15.7 Å². The fourth-order valence-corrected chi connectivity index (χ4v) is 1.31. The second kappa shape index (κ2) is 6.03. The van der Waals surface area contributed by atoms with Crippen LogP contribution in [0.25, 0.3) is 0 Å². The maximum Gasteiger partial charge on any atom is 0.242 e. The van der Waals surface area contributed by atoms with Crippen molar-refractivity contribution in [2.45, 2.75) is 19.4 Å². The summed E-state index contributed by atoms with van der Waals surface area (Å²) in [6.45, 7) is 2.27. The lowest BCUT2D eigenvalue weighted by Gasteiger charge is -2.13. The molecule has 0 aliphatic rings. The van der Waals surface area contributed by atoms with Crippen molar-refractivity contribution in [3.8, 4) is 0 Å². The summed E-state index contributed by atoms with van der Waals surface area (Å²) in [5, 5.41) is 11.7. The molecule has 4 heteroatoms. The van der Waals surface area contributed by atoms with Crippen LogP contribution in [0.1, 0.15) is 12.5 Å². The van der Waals surface area contributed by atoms with E-state index in [9.17, 15) is 0 Å². The van der Waals surface area contributed by atoms with E-state index < -0.39 is 6.04 Å². The van der Waals surface area contributed by atoms with Gasteiger partial charge in [0.25, 0.3) is 0 Å². The molecule has 0 aliphatic heterocycles. The minimum Gasteiger partial charge on any atom is -0.478 e. The topological polar surface area (TPSA) is 67.8 Å². The van der Waals surface area contributed by atoms with E-state index in [0.717, 1.165) is 5.56 Å². The van der Waals surface area contributed by atoms with Crippen LogP contribution in [0.5, 0.6) is 0 Å². The minimum absolute atomic E-state index is 0.182. The zero-order valence-corrected chi connectivity index (χ0v) is 8.76. The van der Waals surface area contributed by atoms with Crippen LogP contribution in [0.2, 0.25) is 0 Å². The molecule has 15 heavy (non-hydrogen) atoms. The fraction of sp³-hybridized carbons (Fsp3) is 0.364. The number of oxime groups is 1. The summed E-state index contributed by atoms with van der Waals surface area (Å²) in [5.41, 5.74) is 6.92. The Bertz CT molecular complexity index is 312. The molecule has 1 unspecified atom stereocenters. The molecule has 1 rings (SSSR count). The van der Waals surface area contributed by atoms with Crippen LogP contribution >= 0.6 is 0 Å². The van der Waals surface area contributed by atoms with Gasteiger partial charge in [0.15, 0.2) is 0 Å². The van der Waals surface area contributed by atoms with Crippen LogP contribution in [0.15, 0.2) is 35.5 Å². The first-order valence-electron chi connectivity index (χ1n) is 4.92. The van der Waals surface area contributed by atoms with Crippen molar-refractivity contribution >= 4 is 5.90 Å². The zero-order chi connectivity index (χ0) is 11.1. The predicted molar refractivity (Wildman–Crippen MR) is 59.0 cm³/mol. The van der Waals surface area contributed by atoms with Crippen LogP contribution in [-0.4, -0.2) is 23.8 Å². The Morgan fingerprint density at radius 2 is 2.13 bits per heavy atom. The molecule has 3 N–H and O–H groups in total. The number of rotatable bonds is 4. The van der Waals surface area contributed by atoms with Crippen LogP contribution < -0.4 is 5.73 Å². The van der Waals surface area contributed by atoms with E-state index in [2.05, 4.69) is 5.16 Å². The summed E-state index contributed by atoms with van der Waals surface area (Å²) in [6.07, 6.45) is 0.597. The lowest BCUT2D eigenvalue weighted by atomic mass is 10.1. The predicted octanol–water partition coefficient (Wildman–Crippen LogP) is 1.38. The monoisotopic (exact) mass is 208 g/mol. The molecule has 0 saturated carbocycles. The van der Waals surface area contributed by atoms with Gasteiger partial charge in [-0.3, -0.25) is 0 Å². The molecule has 0 aromatic heterocycles. The van der Waals surface area contributed by atoms with Crippen molar-refractivity contribution in [2.24, 2.45) is 10.9 Å². The van der Waals surface area contributed by atoms with Gasteiger partial charge in [-0.05, 0) is 18.9 Å². The van der Waals surface area contributed by atoms with Gasteiger partial charge in [0.2, 0.25) is 5.90 Å². The molecule has 82 valence electrons. The maximum atomic E-state index is 8.69. The molecule has 4 nitrogen and oxygen atoms in total. The van der Waals surface area contributed by atoms with E-state index in [0.29, 0.717) is 13.0 Å². The van der Waals surface area contributed by atoms with Crippen LogP contribution in [0.3, 0.4) is 0 Å². The molecule has 0 spiro atoms. The van der Waals surface area contributed by atoms with Gasteiger partial charge in [0, 0.05) is 0 Å². The van der Waals surface area contributed by atoms with Gasteiger partial charge in [0.1, 0.15) is 0 Å². The average molecular weight is 208 g/mol. The zero-order valence-electron chi connectivity index (χ0n) is 8.76. The summed E-state index contributed by atoms with van der Waals surface area (Å²) >= 11 is 0. The molecule has 0 radical (unpaired) electrons. The lowest BCUT2D eigenvalue weighted by Crippen LogP contribution is -2.34. The summed E-state index contributed by atoms with van der Waals surface area (Å²) in [6, 6.07) is 9.37. The fourth-order valence-electron chi connectivity index (χ4n) is 1.31. The molecule has 0 aliphatic carbocycles. The third-order valence-electron chi connectivity index (χ3n) is 2.01. The van der Waals surface area contributed by atoms with Crippen molar-refractivity contribution < 1.29 is 9.94 Å². The summed E-state index contributed by atoms with van der Waals surface area (Å²) in [5.74, 6) is 0.182. The molecule has 1 aromatic carbocycles. The SMILES string of the molecule is CCO/C(=N\O)C(N)Cc1ccccc1. The van der Waals surface area contributed by atoms with E-state index in [1.165, 1.54) is 0 Å². The number of ether oxygens (including phenoxy) is 1. The molecule has 0 fully saturated rings. The normalized spacial score (nSPS) is 13.6. The van der Waals surface area contributed by atoms with E-state index >= 15 is 0 Å². The molecule has 0 heterocycles. The largest absolute Gasteiger partial charge is 0.478 e. The third-order valence-corrected chi connectivity index (χ3v) is 2.01. The molecular weight excluding hydrogens is 192 g/mol. The molecule has 1 atom stereocenters. The van der Waals surface area contributed by atoms with Crippen molar-refractivity contribution in [3.05, 3.63) is 35.9 Å². The summed E-state index contributed by atoms with van der Waals surface area (Å²) < 4.78 is 5.10. The molecular formula is C11H16N2O2. The first-order valence-corrected chi connectivity index (χ1v) is 4.92. The molecule has 1 aromatic rings. The lowest BCUT2D eigenvalue weighted by molar-refractivity contribution is 0.253. The van der Waals surface area contributed by atoms with Gasteiger partial charge < -0.3 is 15.7 Å². The first kappa shape index (κ1) is 11.5. The van der Waals surface area contributed by atoms with Crippen LogP contribution in [-0.2, 0) is 11.2 Å². The van der Waals surface area contributed by atoms with E-state index in [-0.39, 0.29) is 5.90 Å². The third kappa shape index (κ3) is 3.59. The Balaban J connectivity index is 2.58. The second-order valence-electron chi connectivity index (χ2n) is 3.17. The average Bonchev–Trinajstić information content (AvgIpc) is 2.27. The Morgan fingerprint density at radius 1 is 1.47 bits per heavy atom. The van der Waals surface area contributed by atoms with E-state index in [1.54, 1.807) is 0 Å². The first-order chi connectivity index (χ1) is 7.27. The standard InChI is InChI=1S/C11H16N2O2/c1-2-15-11(13-14)10(12)8-9-6-4-3-5-7-9/h3-7,10,14H,2,8,12H2,1H3/b13-11-. The second-order valence-corrected chi connectivity index (χ2v) is 3.17. The Morgan fingerprint density at radius 3 is 2.67 bits per heavy atom. The van der Waals surface area contributed by atoms with Gasteiger partial charge >= 0.3 is 0 Å². The van der Waals surface area contributed by atoms with Gasteiger partial charge in [-0.15, -0.1) is 0 Å². The Hall–Kier alpha value is -1.55. The smallest absolute Gasteiger partial charge is 0.242 e. The van der Waals surface area contributed by atoms with Gasteiger partial charge in [-0.2, -0.15) is 0 Å². The van der Waals surface area contributed by atoms with Crippen LogP contribution in [0, 0.1) is 0 Å². The van der Waals surface area contributed by atoms with Crippen molar-refractivity contribution in [3.63, 3.8) is 0 Å². The van der Waals surface area contributed by atoms with Gasteiger partial charge in [0.05, 0.1) is 12.6 Å². The highest BCUT2D eigenvalue weighted by molar-refractivity contribution is 5.81. The molecule has 0 bridgehead atoms. The minimum atomic E-state index is -0.405. The number of benzene rings is 1. The number of nitrogens with two attached hydrogens (primary N) is 1. The highest BCUT2D eigenvalue weighted by atomic mass is 16.5. The number of nitrogens with zero attached hydrogens (tertiary/aromatic N) is 1. The maximum absolute atomic E-state index is 8.69. The van der Waals surface area contributed by atoms with Crippen LogP contribution in [0.4, 0.5) is 0 Å². The molecule has 0 saturated heterocycles. The highest BCUT2D eigenvalue weighted by Gasteiger charge is 2.13. The molecule has 0 amide bonds. The van der Waals surface area contributed by atoms with Crippen molar-refractivity contribution in [2.75, 3.05) is 6.61 Å². The Labute approximate surface area is 89.4 Å². The Kier molecular flexibility index (Phi) is 4.63. The highest BCUT2D eigenvalue weighted by Crippen LogP contribution is 2.03. The summed E-state index contributed by atoms with van der Waals surface area (Å²) in [7, 11) is 0. The number of hydrogen-bond acceptors (Lipinski definition) is 4. The summed E-state index contributed by atoms with van der Waals surface area (Å²) in [4.78, 5) is 0. The van der Waals surface area contributed by atoms with Crippen molar-refractivity contribution in [1.82, 2.24) is 0 Å². The van der Waals surface area contributed by atoms with Gasteiger partial charge in [-0.1, -0.05) is 35.5 Å². The van der Waals surface area contributed by atoms with E-state index in [1.807, 2.05) is 37.3 Å². The number of hydrogen-bond donors (Lipinski definition) is 2. The van der Waals surface area contributed by atoms with Crippen molar-refractivity contribution in [1.29, 1.82) is 0 Å². The van der Waals surface area contributed by atoms with Gasteiger partial charge in [-0.25, -0.2) is 0 Å². The quantitative estimate of drug-likeness (QED) is 0.340.